The number of piperazine rings is 1. The Morgan fingerprint density at radius 2 is 1.27 bits per heavy atom. The first-order valence-corrected chi connectivity index (χ1v) is 15.3. The van der Waals surface area contributed by atoms with Gasteiger partial charge in [0.15, 0.2) is 0 Å². The molecule has 0 unspecified atom stereocenters. The number of anilines is 1. The van der Waals surface area contributed by atoms with Crippen molar-refractivity contribution >= 4 is 21.6 Å². The molecule has 212 valence electrons. The molecule has 41 heavy (non-hydrogen) atoms. The number of carbonyl (C=O) groups is 1. The van der Waals surface area contributed by atoms with Crippen LogP contribution in [0.1, 0.15) is 41.4 Å². The zero-order chi connectivity index (χ0) is 28.8. The molecule has 0 bridgehead atoms. The lowest BCUT2D eigenvalue weighted by Crippen LogP contribution is -2.49. The number of benzene rings is 4. The molecule has 4 aromatic rings. The van der Waals surface area contributed by atoms with Gasteiger partial charge in [-0.1, -0.05) is 60.7 Å². The Kier molecular flexibility index (Phi) is 8.83. The quantitative estimate of drug-likeness (QED) is 0.275. The molecule has 4 aromatic carbocycles. The Labute approximate surface area is 242 Å². The smallest absolute Gasteiger partial charge is 0.255 e. The molecule has 1 N–H and O–H groups in total. The van der Waals surface area contributed by atoms with E-state index < -0.39 is 10.0 Å². The summed E-state index contributed by atoms with van der Waals surface area (Å²) in [5.74, 6) is 0.418. The first-order chi connectivity index (χ1) is 19.8. The third-order valence-corrected chi connectivity index (χ3v) is 9.02. The van der Waals surface area contributed by atoms with Crippen LogP contribution < -0.4 is 10.1 Å². The van der Waals surface area contributed by atoms with Gasteiger partial charge in [0.2, 0.25) is 10.0 Å². The van der Waals surface area contributed by atoms with E-state index in [1.165, 1.54) is 11.1 Å². The minimum atomic E-state index is -3.67. The van der Waals surface area contributed by atoms with Crippen molar-refractivity contribution < 1.29 is 17.9 Å². The van der Waals surface area contributed by atoms with Crippen LogP contribution >= 0.6 is 0 Å². The van der Waals surface area contributed by atoms with Crippen molar-refractivity contribution in [2.45, 2.75) is 30.9 Å². The van der Waals surface area contributed by atoms with Crippen LogP contribution in [-0.4, -0.2) is 55.8 Å². The van der Waals surface area contributed by atoms with Gasteiger partial charge in [0.25, 0.3) is 5.91 Å². The molecule has 5 rings (SSSR count). The summed E-state index contributed by atoms with van der Waals surface area (Å²) >= 11 is 0. The molecular formula is C33H35N3O4S. The maximum absolute atomic E-state index is 13.5. The summed E-state index contributed by atoms with van der Waals surface area (Å²) in [6.45, 7) is 5.90. The van der Waals surface area contributed by atoms with Gasteiger partial charge in [-0.05, 0) is 73.5 Å². The van der Waals surface area contributed by atoms with Gasteiger partial charge < -0.3 is 10.1 Å². The molecule has 0 aromatic heterocycles. The van der Waals surface area contributed by atoms with Crippen molar-refractivity contribution in [3.63, 3.8) is 0 Å². The van der Waals surface area contributed by atoms with Crippen molar-refractivity contribution in [2.75, 3.05) is 31.5 Å². The average molecular weight is 570 g/mol. The number of ether oxygens (including phenoxy) is 1. The van der Waals surface area contributed by atoms with Crippen LogP contribution in [0.25, 0.3) is 0 Å². The van der Waals surface area contributed by atoms with Crippen molar-refractivity contribution in [3.8, 4) is 5.75 Å². The molecule has 1 aliphatic rings. The minimum Gasteiger partial charge on any atom is -0.491 e. The molecule has 1 saturated heterocycles. The fraction of sp³-hybridized carbons (Fsp3) is 0.242. The van der Waals surface area contributed by atoms with Crippen LogP contribution in [0.4, 0.5) is 5.69 Å². The van der Waals surface area contributed by atoms with E-state index in [0.717, 1.165) is 0 Å². The lowest BCUT2D eigenvalue weighted by atomic mass is 9.96. The summed E-state index contributed by atoms with van der Waals surface area (Å²) in [7, 11) is -3.67. The van der Waals surface area contributed by atoms with Crippen LogP contribution in [-0.2, 0) is 10.0 Å². The monoisotopic (exact) mass is 569 g/mol. The maximum atomic E-state index is 13.5. The first-order valence-electron chi connectivity index (χ1n) is 13.8. The summed E-state index contributed by atoms with van der Waals surface area (Å²) in [6.07, 6.45) is 0.0498. The largest absolute Gasteiger partial charge is 0.491 e. The Morgan fingerprint density at radius 1 is 0.732 bits per heavy atom. The number of nitrogens with zero attached hydrogens (tertiary/aromatic N) is 2. The zero-order valence-corrected chi connectivity index (χ0v) is 24.1. The number of carbonyl (C=O) groups excluding carboxylic acids is 1. The molecule has 7 nitrogen and oxygen atoms in total. The van der Waals surface area contributed by atoms with Gasteiger partial charge in [0.1, 0.15) is 5.75 Å². The Balaban J connectivity index is 1.23. The molecule has 0 spiro atoms. The Hall–Kier alpha value is -3.98. The van der Waals surface area contributed by atoms with Crippen LogP contribution in [0.5, 0.6) is 5.75 Å². The van der Waals surface area contributed by atoms with Gasteiger partial charge in [0, 0.05) is 37.4 Å². The lowest BCUT2D eigenvalue weighted by molar-refractivity contribution is 0.102. The van der Waals surface area contributed by atoms with Crippen molar-refractivity contribution in [2.24, 2.45) is 0 Å². The minimum absolute atomic E-state index is 0.0498. The van der Waals surface area contributed by atoms with Crippen LogP contribution in [0.2, 0.25) is 0 Å². The zero-order valence-electron chi connectivity index (χ0n) is 23.3. The Morgan fingerprint density at radius 3 is 1.78 bits per heavy atom. The summed E-state index contributed by atoms with van der Waals surface area (Å²) < 4.78 is 34.1. The molecule has 1 heterocycles. The molecule has 1 aliphatic heterocycles. The number of amides is 1. The van der Waals surface area contributed by atoms with Crippen molar-refractivity contribution in [3.05, 3.63) is 126 Å². The van der Waals surface area contributed by atoms with Gasteiger partial charge in [-0.25, -0.2) is 8.42 Å². The van der Waals surface area contributed by atoms with E-state index in [2.05, 4.69) is 34.5 Å². The van der Waals surface area contributed by atoms with Crippen molar-refractivity contribution in [1.29, 1.82) is 0 Å². The van der Waals surface area contributed by atoms with E-state index in [-0.39, 0.29) is 22.9 Å². The molecule has 1 amide bonds. The van der Waals surface area contributed by atoms with Crippen LogP contribution in [0.3, 0.4) is 0 Å². The average Bonchev–Trinajstić information content (AvgIpc) is 2.99. The number of hydrogen-bond donors (Lipinski definition) is 1. The number of sulfonamides is 1. The molecule has 0 atom stereocenters. The van der Waals surface area contributed by atoms with E-state index in [9.17, 15) is 13.2 Å². The van der Waals surface area contributed by atoms with E-state index in [0.29, 0.717) is 43.2 Å². The van der Waals surface area contributed by atoms with E-state index >= 15 is 0 Å². The predicted molar refractivity (Wildman–Crippen MR) is 162 cm³/mol. The van der Waals surface area contributed by atoms with Gasteiger partial charge in [-0.15, -0.1) is 0 Å². The third kappa shape index (κ3) is 6.85. The summed E-state index contributed by atoms with van der Waals surface area (Å²) in [4.78, 5) is 15.2. The number of rotatable bonds is 9. The first kappa shape index (κ1) is 28.5. The van der Waals surface area contributed by atoms with Gasteiger partial charge in [-0.3, -0.25) is 9.69 Å². The van der Waals surface area contributed by atoms with Crippen LogP contribution in [0, 0.1) is 0 Å². The van der Waals surface area contributed by atoms with E-state index in [1.54, 1.807) is 52.8 Å². The second-order valence-electron chi connectivity index (χ2n) is 10.3. The van der Waals surface area contributed by atoms with Crippen molar-refractivity contribution in [1.82, 2.24) is 9.21 Å². The SMILES string of the molecule is CC(C)Oc1ccc(C(=O)Nc2ccc(S(=O)(=O)N3CCN(C(c4ccccc4)c4ccccc4)CC3)cc2)cc1. The highest BCUT2D eigenvalue weighted by Crippen LogP contribution is 2.30. The van der Waals surface area contributed by atoms with Gasteiger partial charge in [0.05, 0.1) is 17.0 Å². The second-order valence-corrected chi connectivity index (χ2v) is 12.3. The molecule has 1 fully saturated rings. The topological polar surface area (TPSA) is 78.9 Å². The van der Waals surface area contributed by atoms with Crippen LogP contribution in [0.15, 0.2) is 114 Å². The molecule has 0 aliphatic carbocycles. The summed E-state index contributed by atoms with van der Waals surface area (Å²) in [5.41, 5.74) is 3.38. The van der Waals surface area contributed by atoms with E-state index in [1.807, 2.05) is 50.2 Å². The summed E-state index contributed by atoms with van der Waals surface area (Å²) in [5, 5.41) is 2.83. The van der Waals surface area contributed by atoms with E-state index in [4.69, 9.17) is 4.74 Å². The number of hydrogen-bond acceptors (Lipinski definition) is 5. The molecule has 8 heteroatoms. The van der Waals surface area contributed by atoms with Gasteiger partial charge >= 0.3 is 0 Å². The maximum Gasteiger partial charge on any atom is 0.255 e. The van der Waals surface area contributed by atoms with Gasteiger partial charge in [-0.2, -0.15) is 4.31 Å². The second kappa shape index (κ2) is 12.7. The molecule has 0 saturated carbocycles. The highest BCUT2D eigenvalue weighted by molar-refractivity contribution is 7.89. The molecule has 0 radical (unpaired) electrons. The fourth-order valence-corrected chi connectivity index (χ4v) is 6.53. The lowest BCUT2D eigenvalue weighted by Gasteiger charge is -2.39. The predicted octanol–water partition coefficient (Wildman–Crippen LogP) is 5.82. The normalized spacial score (nSPS) is 14.7. The standard InChI is InChI=1S/C33H35N3O4S/c1-25(2)40-30-17-13-28(14-18-30)33(37)34-29-15-19-31(20-16-29)41(38,39)36-23-21-35(22-24-36)32(26-9-5-3-6-10-26)27-11-7-4-8-12-27/h3-20,25,32H,21-24H2,1-2H3,(H,34,37). The highest BCUT2D eigenvalue weighted by atomic mass is 32.2. The third-order valence-electron chi connectivity index (χ3n) is 7.11. The summed E-state index contributed by atoms with van der Waals surface area (Å²) in [6, 6.07) is 34.0. The Bertz CT molecular complexity index is 1490. The fourth-order valence-electron chi connectivity index (χ4n) is 5.11. The number of nitrogens with one attached hydrogen (secondary N) is 1. The highest BCUT2D eigenvalue weighted by Gasteiger charge is 2.32. The molecular weight excluding hydrogens is 534 g/mol.